The topological polar surface area (TPSA) is 36.3 Å². The van der Waals surface area contributed by atoms with E-state index in [4.69, 9.17) is 10.00 Å². The van der Waals surface area contributed by atoms with Gasteiger partial charge in [-0.25, -0.2) is 0 Å². The summed E-state index contributed by atoms with van der Waals surface area (Å²) in [6.07, 6.45) is 6.46. The van der Waals surface area contributed by atoms with Gasteiger partial charge in [0.05, 0.1) is 17.8 Å². The smallest absolute Gasteiger partial charge is 0.0814 e. The average molecular weight is 363 g/mol. The molecule has 2 heterocycles. The summed E-state index contributed by atoms with van der Waals surface area (Å²) < 4.78 is 7.51. The first-order valence-corrected chi connectivity index (χ1v) is 9.00. The van der Waals surface area contributed by atoms with Gasteiger partial charge < -0.3 is 4.74 Å². The van der Waals surface area contributed by atoms with E-state index in [-0.39, 0.29) is 5.60 Å². The second-order valence-corrected chi connectivity index (χ2v) is 7.51. The van der Waals surface area contributed by atoms with E-state index in [1.165, 1.54) is 18.4 Å². The van der Waals surface area contributed by atoms with Gasteiger partial charge in [-0.3, -0.25) is 4.90 Å². The first kappa shape index (κ1) is 16.0. The van der Waals surface area contributed by atoms with Crippen LogP contribution in [-0.2, 0) is 11.3 Å². The monoisotopic (exact) mass is 362 g/mol. The maximum Gasteiger partial charge on any atom is 0.0814 e. The van der Waals surface area contributed by atoms with E-state index < -0.39 is 0 Å². The van der Waals surface area contributed by atoms with E-state index >= 15 is 0 Å². The minimum absolute atomic E-state index is 0.0493. The number of rotatable bonds is 4. The van der Waals surface area contributed by atoms with Crippen LogP contribution < -0.4 is 0 Å². The number of piperidine rings is 1. The maximum atomic E-state index is 8.74. The molecule has 0 unspecified atom stereocenters. The van der Waals surface area contributed by atoms with E-state index in [0.29, 0.717) is 12.5 Å². The second-order valence-electron chi connectivity index (χ2n) is 6.60. The van der Waals surface area contributed by atoms with Crippen LogP contribution in [0.4, 0.5) is 0 Å². The fourth-order valence-corrected chi connectivity index (χ4v) is 4.06. The molecule has 2 atom stereocenters. The van der Waals surface area contributed by atoms with Crippen LogP contribution in [0.25, 0.3) is 0 Å². The van der Waals surface area contributed by atoms with Crippen LogP contribution in [0, 0.1) is 11.3 Å². The second kappa shape index (κ2) is 7.12. The van der Waals surface area contributed by atoms with Crippen molar-refractivity contribution in [3.8, 4) is 6.07 Å². The van der Waals surface area contributed by atoms with Gasteiger partial charge in [-0.2, -0.15) is 5.26 Å². The maximum absolute atomic E-state index is 8.74. The molecule has 0 radical (unpaired) electrons. The Kier molecular flexibility index (Phi) is 5.18. The summed E-state index contributed by atoms with van der Waals surface area (Å²) in [4.78, 5) is 2.53. The van der Waals surface area contributed by atoms with E-state index in [1.54, 1.807) is 0 Å². The van der Waals surface area contributed by atoms with Crippen molar-refractivity contribution < 1.29 is 4.74 Å². The Labute approximate surface area is 141 Å². The van der Waals surface area contributed by atoms with Gasteiger partial charge in [0, 0.05) is 24.0 Å². The summed E-state index contributed by atoms with van der Waals surface area (Å²) in [5, 5.41) is 8.74. The van der Waals surface area contributed by atoms with Crippen LogP contribution in [-0.4, -0.2) is 29.7 Å². The lowest BCUT2D eigenvalue weighted by atomic mass is 9.89. The fraction of sp³-hybridized carbons (Fsp3) is 0.611. The highest BCUT2D eigenvalue weighted by atomic mass is 79.9. The molecule has 0 aliphatic carbocycles. The Hall–Kier alpha value is -0.890. The number of ether oxygens (including phenoxy) is 1. The molecule has 0 saturated carbocycles. The van der Waals surface area contributed by atoms with Gasteiger partial charge >= 0.3 is 0 Å². The number of hydrogen-bond acceptors (Lipinski definition) is 3. The molecule has 0 bridgehead atoms. The van der Waals surface area contributed by atoms with Crippen molar-refractivity contribution in [3.63, 3.8) is 0 Å². The number of nitrogens with zero attached hydrogens (tertiary/aromatic N) is 2. The highest BCUT2D eigenvalue weighted by Gasteiger charge is 2.42. The molecule has 3 nitrogen and oxygen atoms in total. The zero-order chi connectivity index (χ0) is 15.4. The predicted molar refractivity (Wildman–Crippen MR) is 90.3 cm³/mol. The third-order valence-electron chi connectivity index (χ3n) is 4.85. The first-order chi connectivity index (χ1) is 10.7. The summed E-state index contributed by atoms with van der Waals surface area (Å²) in [6, 6.07) is 10.8. The summed E-state index contributed by atoms with van der Waals surface area (Å²) in [5.41, 5.74) is 1.41. The van der Waals surface area contributed by atoms with Crippen molar-refractivity contribution in [2.24, 2.45) is 0 Å². The molecule has 2 aliphatic heterocycles. The van der Waals surface area contributed by atoms with Gasteiger partial charge in [-0.15, -0.1) is 0 Å². The molecule has 0 aromatic heterocycles. The molecule has 1 spiro atoms. The van der Waals surface area contributed by atoms with Crippen LogP contribution in [0.5, 0.6) is 0 Å². The van der Waals surface area contributed by atoms with Crippen molar-refractivity contribution in [1.29, 1.82) is 5.26 Å². The molecule has 0 amide bonds. The van der Waals surface area contributed by atoms with E-state index in [9.17, 15) is 0 Å². The summed E-state index contributed by atoms with van der Waals surface area (Å²) >= 11 is 3.49. The molecule has 2 fully saturated rings. The quantitative estimate of drug-likeness (QED) is 0.802. The van der Waals surface area contributed by atoms with Gasteiger partial charge in [0.25, 0.3) is 0 Å². The Balaban J connectivity index is 1.57. The van der Waals surface area contributed by atoms with E-state index in [0.717, 1.165) is 43.4 Å². The number of benzene rings is 1. The molecule has 22 heavy (non-hydrogen) atoms. The molecular weight excluding hydrogens is 340 g/mol. The summed E-state index contributed by atoms with van der Waals surface area (Å²) in [6.45, 7) is 3.19. The zero-order valence-electron chi connectivity index (χ0n) is 12.9. The van der Waals surface area contributed by atoms with Gasteiger partial charge in [0.2, 0.25) is 0 Å². The summed E-state index contributed by atoms with van der Waals surface area (Å²) in [5.74, 6) is 0. The average Bonchev–Trinajstić information content (AvgIpc) is 2.90. The highest BCUT2D eigenvalue weighted by molar-refractivity contribution is 9.10. The normalized spacial score (nSPS) is 28.8. The molecule has 1 aromatic rings. The SMILES string of the molecule is N#CCC[C@@H]1CC[C@]2(CCCN(Cc3ccc(Br)cc3)C2)O1. The minimum Gasteiger partial charge on any atom is -0.370 e. The first-order valence-electron chi connectivity index (χ1n) is 8.21. The van der Waals surface area contributed by atoms with Crippen molar-refractivity contribution in [2.45, 2.75) is 56.8 Å². The Morgan fingerprint density at radius 3 is 2.91 bits per heavy atom. The van der Waals surface area contributed by atoms with Gasteiger partial charge in [0.1, 0.15) is 0 Å². The fourth-order valence-electron chi connectivity index (χ4n) is 3.80. The van der Waals surface area contributed by atoms with Crippen LogP contribution in [0.2, 0.25) is 0 Å². The molecule has 0 N–H and O–H groups in total. The van der Waals surface area contributed by atoms with Crippen LogP contribution >= 0.6 is 15.9 Å². The summed E-state index contributed by atoms with van der Waals surface area (Å²) in [7, 11) is 0. The van der Waals surface area contributed by atoms with Crippen LogP contribution in [0.1, 0.15) is 44.1 Å². The molecule has 4 heteroatoms. The Bertz CT molecular complexity index is 539. The Morgan fingerprint density at radius 1 is 1.32 bits per heavy atom. The van der Waals surface area contributed by atoms with Gasteiger partial charge in [-0.05, 0) is 56.3 Å². The third-order valence-corrected chi connectivity index (χ3v) is 5.38. The number of likely N-dealkylation sites (tertiary alicyclic amines) is 1. The predicted octanol–water partition coefficient (Wildman–Crippen LogP) is 4.27. The molecule has 1 aromatic carbocycles. The van der Waals surface area contributed by atoms with E-state index in [1.807, 2.05) is 0 Å². The molecular formula is C18H23BrN2O. The van der Waals surface area contributed by atoms with Gasteiger partial charge in [-0.1, -0.05) is 28.1 Å². The largest absolute Gasteiger partial charge is 0.370 e. The minimum atomic E-state index is 0.0493. The van der Waals surface area contributed by atoms with Crippen molar-refractivity contribution >= 4 is 15.9 Å². The van der Waals surface area contributed by atoms with Crippen molar-refractivity contribution in [3.05, 3.63) is 34.3 Å². The lowest BCUT2D eigenvalue weighted by Crippen LogP contribution is -2.47. The molecule has 2 saturated heterocycles. The van der Waals surface area contributed by atoms with E-state index in [2.05, 4.69) is 51.2 Å². The number of halogens is 1. The number of nitriles is 1. The lowest BCUT2D eigenvalue weighted by Gasteiger charge is -2.40. The highest BCUT2D eigenvalue weighted by Crippen LogP contribution is 2.39. The molecule has 118 valence electrons. The lowest BCUT2D eigenvalue weighted by molar-refractivity contribution is -0.0858. The third kappa shape index (κ3) is 3.90. The zero-order valence-corrected chi connectivity index (χ0v) is 14.5. The number of hydrogen-bond donors (Lipinski definition) is 0. The van der Waals surface area contributed by atoms with Gasteiger partial charge in [0.15, 0.2) is 0 Å². The molecule has 2 aliphatic rings. The standard InChI is InChI=1S/C18H23BrN2O/c19-16-6-4-15(5-7-16)13-21-12-2-9-18(14-21)10-8-17(22-18)3-1-11-20/h4-7,17H,1-3,8-10,12-14H2/t17-,18+/m1/s1. The van der Waals surface area contributed by atoms with Crippen LogP contribution in [0.3, 0.4) is 0 Å². The van der Waals surface area contributed by atoms with Crippen molar-refractivity contribution in [2.75, 3.05) is 13.1 Å². The van der Waals surface area contributed by atoms with Crippen LogP contribution in [0.15, 0.2) is 28.7 Å². The Morgan fingerprint density at radius 2 is 2.14 bits per heavy atom. The van der Waals surface area contributed by atoms with Crippen molar-refractivity contribution in [1.82, 2.24) is 4.90 Å². The molecule has 3 rings (SSSR count).